The molecule has 5 nitrogen and oxygen atoms in total. The Morgan fingerprint density at radius 2 is 2.32 bits per heavy atom. The molecule has 3 heterocycles. The SMILES string of the molecule is Cc1nccn1C[C@@H]1CCCN(C(=O)c2cncc(F)c2)C1. The number of aryl methyl sites for hydroxylation is 1. The van der Waals surface area contributed by atoms with Crippen LogP contribution in [0, 0.1) is 18.7 Å². The molecule has 1 fully saturated rings. The maximum atomic E-state index is 13.2. The normalized spacial score (nSPS) is 18.5. The van der Waals surface area contributed by atoms with Crippen molar-refractivity contribution in [3.8, 4) is 0 Å². The fraction of sp³-hybridized carbons (Fsp3) is 0.438. The van der Waals surface area contributed by atoms with E-state index in [2.05, 4.69) is 14.5 Å². The maximum absolute atomic E-state index is 13.2. The van der Waals surface area contributed by atoms with Gasteiger partial charge in [0.2, 0.25) is 0 Å². The number of imidazole rings is 1. The first-order chi connectivity index (χ1) is 10.6. The van der Waals surface area contributed by atoms with Gasteiger partial charge in [0.15, 0.2) is 0 Å². The highest BCUT2D eigenvalue weighted by molar-refractivity contribution is 5.93. The molecule has 0 bridgehead atoms. The van der Waals surface area contributed by atoms with Crippen molar-refractivity contribution in [1.29, 1.82) is 0 Å². The maximum Gasteiger partial charge on any atom is 0.255 e. The monoisotopic (exact) mass is 302 g/mol. The summed E-state index contributed by atoms with van der Waals surface area (Å²) in [5, 5.41) is 0. The van der Waals surface area contributed by atoms with E-state index in [0.29, 0.717) is 18.0 Å². The lowest BCUT2D eigenvalue weighted by Gasteiger charge is -2.33. The van der Waals surface area contributed by atoms with Crippen LogP contribution >= 0.6 is 0 Å². The van der Waals surface area contributed by atoms with Gasteiger partial charge in [0, 0.05) is 38.2 Å². The largest absolute Gasteiger partial charge is 0.338 e. The van der Waals surface area contributed by atoms with Gasteiger partial charge in [-0.15, -0.1) is 0 Å². The van der Waals surface area contributed by atoms with Gasteiger partial charge in [-0.3, -0.25) is 9.78 Å². The average molecular weight is 302 g/mol. The number of carbonyl (C=O) groups is 1. The third-order valence-electron chi connectivity index (χ3n) is 4.14. The van der Waals surface area contributed by atoms with E-state index in [1.807, 2.05) is 13.1 Å². The van der Waals surface area contributed by atoms with E-state index in [1.165, 1.54) is 12.3 Å². The lowest BCUT2D eigenvalue weighted by molar-refractivity contribution is 0.0661. The molecule has 0 aliphatic carbocycles. The predicted molar refractivity (Wildman–Crippen MR) is 79.8 cm³/mol. The molecule has 3 rings (SSSR count). The molecule has 0 unspecified atom stereocenters. The molecule has 22 heavy (non-hydrogen) atoms. The number of halogens is 1. The molecule has 0 N–H and O–H groups in total. The van der Waals surface area contributed by atoms with Crippen LogP contribution in [0.1, 0.15) is 29.0 Å². The van der Waals surface area contributed by atoms with Gasteiger partial charge in [-0.05, 0) is 31.7 Å². The molecule has 1 aliphatic heterocycles. The van der Waals surface area contributed by atoms with Crippen molar-refractivity contribution >= 4 is 5.91 Å². The number of aromatic nitrogens is 3. The summed E-state index contributed by atoms with van der Waals surface area (Å²) in [7, 11) is 0. The van der Waals surface area contributed by atoms with Crippen molar-refractivity contribution in [2.45, 2.75) is 26.3 Å². The summed E-state index contributed by atoms with van der Waals surface area (Å²) in [5.41, 5.74) is 0.319. The minimum atomic E-state index is -0.478. The van der Waals surface area contributed by atoms with Crippen molar-refractivity contribution in [2.24, 2.45) is 5.92 Å². The highest BCUT2D eigenvalue weighted by Crippen LogP contribution is 2.20. The van der Waals surface area contributed by atoms with Crippen molar-refractivity contribution in [1.82, 2.24) is 19.4 Å². The van der Waals surface area contributed by atoms with E-state index in [9.17, 15) is 9.18 Å². The molecule has 0 saturated carbocycles. The number of nitrogens with zero attached hydrogens (tertiary/aromatic N) is 4. The number of likely N-dealkylation sites (tertiary alicyclic amines) is 1. The highest BCUT2D eigenvalue weighted by atomic mass is 19.1. The fourth-order valence-corrected chi connectivity index (χ4v) is 2.98. The number of amides is 1. The van der Waals surface area contributed by atoms with Gasteiger partial charge in [-0.2, -0.15) is 0 Å². The first-order valence-corrected chi connectivity index (χ1v) is 7.51. The van der Waals surface area contributed by atoms with Gasteiger partial charge in [-0.1, -0.05) is 0 Å². The van der Waals surface area contributed by atoms with E-state index >= 15 is 0 Å². The van der Waals surface area contributed by atoms with E-state index in [1.54, 1.807) is 11.1 Å². The highest BCUT2D eigenvalue weighted by Gasteiger charge is 2.25. The Bertz CT molecular complexity index is 670. The Labute approximate surface area is 128 Å². The van der Waals surface area contributed by atoms with Crippen LogP contribution in [0.5, 0.6) is 0 Å². The van der Waals surface area contributed by atoms with Gasteiger partial charge in [-0.25, -0.2) is 9.37 Å². The fourth-order valence-electron chi connectivity index (χ4n) is 2.98. The number of carbonyl (C=O) groups excluding carboxylic acids is 1. The smallest absolute Gasteiger partial charge is 0.255 e. The van der Waals surface area contributed by atoms with Gasteiger partial charge in [0.1, 0.15) is 11.6 Å². The van der Waals surface area contributed by atoms with Gasteiger partial charge in [0.05, 0.1) is 11.8 Å². The Hall–Kier alpha value is -2.24. The third kappa shape index (κ3) is 3.16. The Kier molecular flexibility index (Phi) is 4.18. The van der Waals surface area contributed by atoms with Gasteiger partial charge >= 0.3 is 0 Å². The summed E-state index contributed by atoms with van der Waals surface area (Å²) in [6.07, 6.45) is 8.34. The zero-order valence-corrected chi connectivity index (χ0v) is 12.6. The van der Waals surface area contributed by atoms with Crippen LogP contribution in [-0.2, 0) is 6.54 Å². The van der Waals surface area contributed by atoms with Crippen molar-refractivity contribution in [2.75, 3.05) is 13.1 Å². The second-order valence-corrected chi connectivity index (χ2v) is 5.78. The Morgan fingerprint density at radius 1 is 1.45 bits per heavy atom. The zero-order chi connectivity index (χ0) is 15.5. The Morgan fingerprint density at radius 3 is 3.05 bits per heavy atom. The molecular formula is C16H19FN4O. The van der Waals surface area contributed by atoms with Crippen molar-refractivity contribution < 1.29 is 9.18 Å². The molecule has 1 atom stereocenters. The second-order valence-electron chi connectivity index (χ2n) is 5.78. The standard InChI is InChI=1S/C16H19FN4O/c1-12-19-4-6-20(12)10-13-3-2-5-21(11-13)16(22)14-7-15(17)9-18-8-14/h4,6-9,13H,2-3,5,10-11H2,1H3/t13-/m0/s1. The quantitative estimate of drug-likeness (QED) is 0.874. The van der Waals surface area contributed by atoms with Gasteiger partial charge < -0.3 is 9.47 Å². The van der Waals surface area contributed by atoms with E-state index in [-0.39, 0.29) is 5.91 Å². The van der Waals surface area contributed by atoms with Crippen molar-refractivity contribution in [3.63, 3.8) is 0 Å². The van der Waals surface area contributed by atoms with E-state index < -0.39 is 5.82 Å². The van der Waals surface area contributed by atoms with Crippen LogP contribution in [0.15, 0.2) is 30.9 Å². The van der Waals surface area contributed by atoms with Crippen LogP contribution in [0.3, 0.4) is 0 Å². The molecule has 6 heteroatoms. The van der Waals surface area contributed by atoms with Crippen molar-refractivity contribution in [3.05, 3.63) is 48.1 Å². The number of hydrogen-bond donors (Lipinski definition) is 0. The molecule has 1 amide bonds. The molecule has 1 saturated heterocycles. The van der Waals surface area contributed by atoms with Gasteiger partial charge in [0.25, 0.3) is 5.91 Å². The summed E-state index contributed by atoms with van der Waals surface area (Å²) < 4.78 is 15.3. The number of piperidine rings is 1. The number of pyridine rings is 1. The molecule has 116 valence electrons. The lowest BCUT2D eigenvalue weighted by Crippen LogP contribution is -2.41. The molecule has 2 aromatic heterocycles. The summed E-state index contributed by atoms with van der Waals surface area (Å²) in [5.74, 6) is 0.761. The third-order valence-corrected chi connectivity index (χ3v) is 4.14. The number of rotatable bonds is 3. The van der Waals surface area contributed by atoms with E-state index in [0.717, 1.165) is 38.0 Å². The van der Waals surface area contributed by atoms with Crippen LogP contribution in [0.4, 0.5) is 4.39 Å². The minimum absolute atomic E-state index is 0.140. The lowest BCUT2D eigenvalue weighted by atomic mass is 9.97. The van der Waals surface area contributed by atoms with Crippen LogP contribution in [0.2, 0.25) is 0 Å². The summed E-state index contributed by atoms with van der Waals surface area (Å²) >= 11 is 0. The van der Waals surface area contributed by atoms with Crippen LogP contribution in [0.25, 0.3) is 0 Å². The van der Waals surface area contributed by atoms with Crippen LogP contribution < -0.4 is 0 Å². The molecule has 0 spiro atoms. The molecule has 1 aliphatic rings. The predicted octanol–water partition coefficient (Wildman–Crippen LogP) is 2.28. The topological polar surface area (TPSA) is 51.0 Å². The first-order valence-electron chi connectivity index (χ1n) is 7.51. The molecule has 2 aromatic rings. The average Bonchev–Trinajstić information content (AvgIpc) is 2.92. The summed E-state index contributed by atoms with van der Waals surface area (Å²) in [4.78, 5) is 22.3. The second kappa shape index (κ2) is 6.25. The summed E-state index contributed by atoms with van der Waals surface area (Å²) in [6.45, 7) is 4.24. The first kappa shape index (κ1) is 14.7. The molecular weight excluding hydrogens is 283 g/mol. The van der Waals surface area contributed by atoms with Crippen LogP contribution in [-0.4, -0.2) is 38.4 Å². The minimum Gasteiger partial charge on any atom is -0.338 e. The number of hydrogen-bond acceptors (Lipinski definition) is 3. The molecule has 0 radical (unpaired) electrons. The zero-order valence-electron chi connectivity index (χ0n) is 12.6. The Balaban J connectivity index is 1.67. The van der Waals surface area contributed by atoms with E-state index in [4.69, 9.17) is 0 Å². The molecule has 0 aromatic carbocycles. The summed E-state index contributed by atoms with van der Waals surface area (Å²) in [6, 6.07) is 1.25.